The van der Waals surface area contributed by atoms with E-state index in [0.29, 0.717) is 6.04 Å². The van der Waals surface area contributed by atoms with Gasteiger partial charge in [0.2, 0.25) is 0 Å². The monoisotopic (exact) mass is 264 g/mol. The molecule has 0 amide bonds. The molecule has 0 aliphatic carbocycles. The fraction of sp³-hybridized carbons (Fsp3) is 0.600. The standard InChI is InChI=1S/C15H24N2O2/c1-11-9-15(19-4)13(10-14(11)18-3)12(2)17-7-5-16-6-8-17/h9-10,12,16H,5-8H2,1-4H3. The van der Waals surface area contributed by atoms with E-state index in [9.17, 15) is 0 Å². The van der Waals surface area contributed by atoms with Gasteiger partial charge >= 0.3 is 0 Å². The summed E-state index contributed by atoms with van der Waals surface area (Å²) in [5.74, 6) is 1.88. The summed E-state index contributed by atoms with van der Waals surface area (Å²) in [6, 6.07) is 4.51. The van der Waals surface area contributed by atoms with Crippen molar-refractivity contribution < 1.29 is 9.47 Å². The highest BCUT2D eigenvalue weighted by Gasteiger charge is 2.22. The number of nitrogens with one attached hydrogen (secondary N) is 1. The molecule has 106 valence electrons. The first kappa shape index (κ1) is 14.2. The van der Waals surface area contributed by atoms with Crippen LogP contribution in [0.4, 0.5) is 0 Å². The second kappa shape index (κ2) is 6.26. The van der Waals surface area contributed by atoms with Crippen LogP contribution in [0.5, 0.6) is 11.5 Å². The lowest BCUT2D eigenvalue weighted by atomic mass is 10.0. The highest BCUT2D eigenvalue weighted by molar-refractivity contribution is 5.47. The topological polar surface area (TPSA) is 33.7 Å². The second-order valence-corrected chi connectivity index (χ2v) is 5.03. The Labute approximate surface area is 115 Å². The lowest BCUT2D eigenvalue weighted by molar-refractivity contribution is 0.182. The van der Waals surface area contributed by atoms with E-state index in [1.807, 2.05) is 6.92 Å². The van der Waals surface area contributed by atoms with Crippen LogP contribution in [0.3, 0.4) is 0 Å². The Kier molecular flexibility index (Phi) is 4.66. The minimum atomic E-state index is 0.339. The molecule has 1 saturated heterocycles. The molecule has 0 radical (unpaired) electrons. The fourth-order valence-electron chi connectivity index (χ4n) is 2.67. The number of aryl methyl sites for hydroxylation is 1. The maximum absolute atomic E-state index is 5.54. The van der Waals surface area contributed by atoms with Crippen molar-refractivity contribution in [2.75, 3.05) is 40.4 Å². The van der Waals surface area contributed by atoms with Crippen LogP contribution in [0.15, 0.2) is 12.1 Å². The number of hydrogen-bond donors (Lipinski definition) is 1. The van der Waals surface area contributed by atoms with Crippen LogP contribution in [0, 0.1) is 6.92 Å². The van der Waals surface area contributed by atoms with Gasteiger partial charge in [-0.25, -0.2) is 0 Å². The average molecular weight is 264 g/mol. The zero-order valence-corrected chi connectivity index (χ0v) is 12.3. The van der Waals surface area contributed by atoms with Crippen LogP contribution in [0.25, 0.3) is 0 Å². The lowest BCUT2D eigenvalue weighted by Crippen LogP contribution is -2.44. The van der Waals surface area contributed by atoms with Crippen molar-refractivity contribution in [3.8, 4) is 11.5 Å². The van der Waals surface area contributed by atoms with Gasteiger partial charge in [0.1, 0.15) is 11.5 Å². The van der Waals surface area contributed by atoms with E-state index < -0.39 is 0 Å². The smallest absolute Gasteiger partial charge is 0.124 e. The Bertz CT molecular complexity index is 428. The van der Waals surface area contributed by atoms with Gasteiger partial charge in [0.25, 0.3) is 0 Å². The molecular weight excluding hydrogens is 240 g/mol. The summed E-state index contributed by atoms with van der Waals surface area (Å²) in [7, 11) is 3.45. The molecular formula is C15H24N2O2. The molecule has 1 aliphatic rings. The largest absolute Gasteiger partial charge is 0.496 e. The van der Waals surface area contributed by atoms with E-state index >= 15 is 0 Å². The highest BCUT2D eigenvalue weighted by Crippen LogP contribution is 2.34. The minimum absolute atomic E-state index is 0.339. The van der Waals surface area contributed by atoms with Gasteiger partial charge in [0.05, 0.1) is 14.2 Å². The van der Waals surface area contributed by atoms with Gasteiger partial charge in [-0.15, -0.1) is 0 Å². The number of nitrogens with zero attached hydrogens (tertiary/aromatic N) is 1. The van der Waals surface area contributed by atoms with Gasteiger partial charge < -0.3 is 14.8 Å². The molecule has 0 aromatic heterocycles. The van der Waals surface area contributed by atoms with E-state index in [-0.39, 0.29) is 0 Å². The molecule has 0 saturated carbocycles. The SMILES string of the molecule is COc1cc(C(C)N2CCNCC2)c(OC)cc1C. The molecule has 1 fully saturated rings. The van der Waals surface area contributed by atoms with E-state index in [1.54, 1.807) is 14.2 Å². The molecule has 4 nitrogen and oxygen atoms in total. The number of ether oxygens (including phenoxy) is 2. The molecule has 1 aromatic rings. The van der Waals surface area contributed by atoms with Crippen LogP contribution in [-0.2, 0) is 0 Å². The van der Waals surface area contributed by atoms with E-state index in [0.717, 1.165) is 43.2 Å². The summed E-state index contributed by atoms with van der Waals surface area (Å²) in [6.45, 7) is 8.52. The lowest BCUT2D eigenvalue weighted by Gasteiger charge is -2.33. The zero-order valence-electron chi connectivity index (χ0n) is 12.3. The van der Waals surface area contributed by atoms with Crippen molar-refractivity contribution in [1.29, 1.82) is 0 Å². The van der Waals surface area contributed by atoms with Gasteiger partial charge in [-0.05, 0) is 31.5 Å². The normalized spacial score (nSPS) is 18.1. The maximum atomic E-state index is 5.54. The quantitative estimate of drug-likeness (QED) is 0.901. The zero-order chi connectivity index (χ0) is 13.8. The highest BCUT2D eigenvalue weighted by atomic mass is 16.5. The molecule has 1 heterocycles. The number of piperazine rings is 1. The van der Waals surface area contributed by atoms with Crippen LogP contribution in [0.1, 0.15) is 24.1 Å². The summed E-state index contributed by atoms with van der Waals surface area (Å²) < 4.78 is 11.0. The molecule has 0 bridgehead atoms. The van der Waals surface area contributed by atoms with Gasteiger partial charge in [0, 0.05) is 37.8 Å². The van der Waals surface area contributed by atoms with Crippen molar-refractivity contribution >= 4 is 0 Å². The van der Waals surface area contributed by atoms with Gasteiger partial charge in [-0.2, -0.15) is 0 Å². The molecule has 1 unspecified atom stereocenters. The first-order valence-corrected chi connectivity index (χ1v) is 6.84. The Balaban J connectivity index is 2.30. The molecule has 1 N–H and O–H groups in total. The number of hydrogen-bond acceptors (Lipinski definition) is 4. The Morgan fingerprint density at radius 1 is 1.11 bits per heavy atom. The summed E-state index contributed by atoms with van der Waals surface area (Å²) in [5.41, 5.74) is 2.31. The predicted octanol–water partition coefficient (Wildman–Crippen LogP) is 1.98. The van der Waals surface area contributed by atoms with Gasteiger partial charge in [0.15, 0.2) is 0 Å². The molecule has 2 rings (SSSR count). The predicted molar refractivity (Wildman–Crippen MR) is 77.1 cm³/mol. The van der Waals surface area contributed by atoms with Crippen molar-refractivity contribution in [2.24, 2.45) is 0 Å². The summed E-state index contributed by atoms with van der Waals surface area (Å²) in [5, 5.41) is 3.38. The molecule has 0 spiro atoms. The van der Waals surface area contributed by atoms with Crippen molar-refractivity contribution in [2.45, 2.75) is 19.9 Å². The van der Waals surface area contributed by atoms with Crippen LogP contribution in [0.2, 0.25) is 0 Å². The van der Waals surface area contributed by atoms with Crippen molar-refractivity contribution in [3.05, 3.63) is 23.3 Å². The molecule has 1 aliphatic heterocycles. The Hall–Kier alpha value is -1.26. The van der Waals surface area contributed by atoms with Crippen LogP contribution < -0.4 is 14.8 Å². The van der Waals surface area contributed by atoms with Crippen LogP contribution in [-0.4, -0.2) is 45.3 Å². The van der Waals surface area contributed by atoms with Crippen molar-refractivity contribution in [3.63, 3.8) is 0 Å². The number of methoxy groups -OCH3 is 2. The minimum Gasteiger partial charge on any atom is -0.496 e. The van der Waals surface area contributed by atoms with E-state index in [4.69, 9.17) is 9.47 Å². The van der Waals surface area contributed by atoms with Crippen molar-refractivity contribution in [1.82, 2.24) is 10.2 Å². The maximum Gasteiger partial charge on any atom is 0.124 e. The average Bonchev–Trinajstić information content (AvgIpc) is 2.47. The van der Waals surface area contributed by atoms with Gasteiger partial charge in [-0.3, -0.25) is 4.90 Å². The summed E-state index contributed by atoms with van der Waals surface area (Å²) in [4.78, 5) is 2.48. The third-order valence-corrected chi connectivity index (χ3v) is 3.90. The molecule has 4 heteroatoms. The Morgan fingerprint density at radius 2 is 1.74 bits per heavy atom. The first-order valence-electron chi connectivity index (χ1n) is 6.84. The third kappa shape index (κ3) is 3.01. The number of benzene rings is 1. The Morgan fingerprint density at radius 3 is 2.32 bits per heavy atom. The third-order valence-electron chi connectivity index (χ3n) is 3.90. The summed E-state index contributed by atoms with van der Waals surface area (Å²) in [6.07, 6.45) is 0. The van der Waals surface area contributed by atoms with E-state index in [2.05, 4.69) is 29.3 Å². The number of rotatable bonds is 4. The molecule has 1 aromatic carbocycles. The first-order chi connectivity index (χ1) is 9.17. The van der Waals surface area contributed by atoms with E-state index in [1.165, 1.54) is 5.56 Å². The molecule has 19 heavy (non-hydrogen) atoms. The molecule has 1 atom stereocenters. The summed E-state index contributed by atoms with van der Waals surface area (Å²) >= 11 is 0. The fourth-order valence-corrected chi connectivity index (χ4v) is 2.67. The van der Waals surface area contributed by atoms with Gasteiger partial charge in [-0.1, -0.05) is 0 Å². The second-order valence-electron chi connectivity index (χ2n) is 5.03. The van der Waals surface area contributed by atoms with Crippen LogP contribution >= 0.6 is 0 Å².